The fourth-order valence-electron chi connectivity index (χ4n) is 3.96. The summed E-state index contributed by atoms with van der Waals surface area (Å²) in [5.41, 5.74) is 6.95. The second kappa shape index (κ2) is 9.59. The van der Waals surface area contributed by atoms with Gasteiger partial charge in [0, 0.05) is 23.6 Å². The normalized spacial score (nSPS) is 17.6. The van der Waals surface area contributed by atoms with Gasteiger partial charge in [0.2, 0.25) is 5.95 Å². The van der Waals surface area contributed by atoms with E-state index in [9.17, 15) is 22.4 Å². The number of nitrogens with two attached hydrogens (primary N) is 1. The standard InChI is InChI=1S/C24H24F4N6O2/c1-12-8-19(31-10-16(12)15-4-5-17(18(29)9-15)24(26,27)28)14(3)32-22-30-7-6-21(33-22)34-20(13(2)25)11-36-23(34)35/h4-10,13-14,20H,11,29H2,1-3H3,(H,30,32,33)/t13-,14-,20+/m0/s1. The Bertz CT molecular complexity index is 1280. The van der Waals surface area contributed by atoms with Gasteiger partial charge in [-0.1, -0.05) is 6.07 Å². The lowest BCUT2D eigenvalue weighted by molar-refractivity contribution is -0.136. The summed E-state index contributed by atoms with van der Waals surface area (Å²) in [7, 11) is 0. The zero-order valence-corrected chi connectivity index (χ0v) is 19.7. The maximum absolute atomic E-state index is 13.9. The smallest absolute Gasteiger partial charge is 0.418 e. The van der Waals surface area contributed by atoms with Crippen LogP contribution in [0.25, 0.3) is 11.1 Å². The lowest BCUT2D eigenvalue weighted by Gasteiger charge is -2.22. The lowest BCUT2D eigenvalue weighted by atomic mass is 9.99. The van der Waals surface area contributed by atoms with E-state index in [0.29, 0.717) is 16.8 Å². The molecule has 3 aromatic rings. The summed E-state index contributed by atoms with van der Waals surface area (Å²) in [5, 5.41) is 3.10. The van der Waals surface area contributed by atoms with Gasteiger partial charge in [0.05, 0.1) is 17.3 Å². The molecule has 0 unspecified atom stereocenters. The third-order valence-electron chi connectivity index (χ3n) is 5.91. The molecule has 0 bridgehead atoms. The van der Waals surface area contributed by atoms with Crippen LogP contribution in [0.1, 0.15) is 36.7 Å². The summed E-state index contributed by atoms with van der Waals surface area (Å²) in [6, 6.07) is 5.73. The molecule has 2 aromatic heterocycles. The highest BCUT2D eigenvalue weighted by atomic mass is 19.4. The molecule has 1 aromatic carbocycles. The maximum Gasteiger partial charge on any atom is 0.418 e. The van der Waals surface area contributed by atoms with Crippen molar-refractivity contribution in [1.82, 2.24) is 15.0 Å². The molecule has 3 heterocycles. The van der Waals surface area contributed by atoms with Gasteiger partial charge < -0.3 is 15.8 Å². The third kappa shape index (κ3) is 5.02. The van der Waals surface area contributed by atoms with E-state index >= 15 is 0 Å². The van der Waals surface area contributed by atoms with Gasteiger partial charge in [0.1, 0.15) is 24.6 Å². The Kier molecular flexibility index (Phi) is 6.70. The third-order valence-corrected chi connectivity index (χ3v) is 5.91. The predicted molar refractivity (Wildman–Crippen MR) is 126 cm³/mol. The number of anilines is 3. The van der Waals surface area contributed by atoms with Crippen LogP contribution in [0.5, 0.6) is 0 Å². The minimum atomic E-state index is -4.53. The Labute approximate surface area is 204 Å². The Morgan fingerprint density at radius 3 is 2.58 bits per heavy atom. The fourth-order valence-corrected chi connectivity index (χ4v) is 3.96. The van der Waals surface area contributed by atoms with Crippen LogP contribution in [0.2, 0.25) is 0 Å². The van der Waals surface area contributed by atoms with E-state index in [2.05, 4.69) is 20.3 Å². The van der Waals surface area contributed by atoms with Crippen LogP contribution in [0.3, 0.4) is 0 Å². The van der Waals surface area contributed by atoms with Crippen molar-refractivity contribution in [3.63, 3.8) is 0 Å². The van der Waals surface area contributed by atoms with Crippen molar-refractivity contribution in [3.05, 3.63) is 59.5 Å². The molecule has 3 N–H and O–H groups in total. The fraction of sp³-hybridized carbons (Fsp3) is 0.333. The van der Waals surface area contributed by atoms with Crippen LogP contribution < -0.4 is 16.0 Å². The molecular formula is C24H24F4N6O2. The molecule has 0 radical (unpaired) electrons. The van der Waals surface area contributed by atoms with Crippen molar-refractivity contribution in [3.8, 4) is 11.1 Å². The molecule has 1 aliphatic heterocycles. The molecule has 8 nitrogen and oxygen atoms in total. The molecule has 4 rings (SSSR count). The van der Waals surface area contributed by atoms with Crippen LogP contribution in [0, 0.1) is 6.92 Å². The summed E-state index contributed by atoms with van der Waals surface area (Å²) < 4.78 is 58.0. The summed E-state index contributed by atoms with van der Waals surface area (Å²) in [5.74, 6) is 0.403. The summed E-state index contributed by atoms with van der Waals surface area (Å²) >= 11 is 0. The number of carbonyl (C=O) groups excluding carboxylic acids is 1. The average Bonchev–Trinajstić information content (AvgIpc) is 3.20. The van der Waals surface area contributed by atoms with Crippen LogP contribution in [0.4, 0.5) is 39.8 Å². The number of alkyl halides is 4. The minimum Gasteiger partial charge on any atom is -0.447 e. The van der Waals surface area contributed by atoms with Gasteiger partial charge in [-0.25, -0.2) is 14.2 Å². The summed E-state index contributed by atoms with van der Waals surface area (Å²) in [4.78, 5) is 26.2. The molecule has 1 amide bonds. The lowest BCUT2D eigenvalue weighted by Crippen LogP contribution is -2.39. The van der Waals surface area contributed by atoms with Gasteiger partial charge in [-0.2, -0.15) is 18.2 Å². The number of halogens is 4. The van der Waals surface area contributed by atoms with Gasteiger partial charge in [-0.15, -0.1) is 0 Å². The molecule has 12 heteroatoms. The van der Waals surface area contributed by atoms with Crippen molar-refractivity contribution in [1.29, 1.82) is 0 Å². The zero-order chi connectivity index (χ0) is 26.2. The number of benzene rings is 1. The number of pyridine rings is 1. The maximum atomic E-state index is 13.9. The minimum absolute atomic E-state index is 0.0696. The van der Waals surface area contributed by atoms with Gasteiger partial charge in [-0.3, -0.25) is 9.88 Å². The number of hydrogen-bond acceptors (Lipinski definition) is 7. The highest BCUT2D eigenvalue weighted by Crippen LogP contribution is 2.36. The van der Waals surface area contributed by atoms with Crippen molar-refractivity contribution < 1.29 is 27.1 Å². The van der Waals surface area contributed by atoms with Gasteiger partial charge in [0.25, 0.3) is 0 Å². The average molecular weight is 504 g/mol. The number of nitrogen functional groups attached to an aromatic ring is 1. The molecule has 1 aliphatic rings. The highest BCUT2D eigenvalue weighted by molar-refractivity contribution is 5.89. The zero-order valence-electron chi connectivity index (χ0n) is 19.7. The van der Waals surface area contributed by atoms with Crippen molar-refractivity contribution in [2.24, 2.45) is 0 Å². The molecule has 1 saturated heterocycles. The molecule has 0 spiro atoms. The highest BCUT2D eigenvalue weighted by Gasteiger charge is 2.39. The molecule has 0 saturated carbocycles. The molecule has 3 atom stereocenters. The van der Waals surface area contributed by atoms with Gasteiger partial charge in [-0.05, 0) is 56.2 Å². The van der Waals surface area contributed by atoms with Crippen LogP contribution in [-0.4, -0.2) is 39.9 Å². The summed E-state index contributed by atoms with van der Waals surface area (Å²) in [6.07, 6.45) is -3.51. The number of amides is 1. The Morgan fingerprint density at radius 2 is 1.94 bits per heavy atom. The number of ether oxygens (including phenoxy) is 1. The number of aromatic nitrogens is 3. The first-order valence-electron chi connectivity index (χ1n) is 11.1. The van der Waals surface area contributed by atoms with Crippen molar-refractivity contribution >= 4 is 23.5 Å². The van der Waals surface area contributed by atoms with E-state index in [1.54, 1.807) is 12.3 Å². The predicted octanol–water partition coefficient (Wildman–Crippen LogP) is 5.30. The second-order valence-corrected chi connectivity index (χ2v) is 8.52. The van der Waals surface area contributed by atoms with Crippen molar-refractivity contribution in [2.45, 2.75) is 45.2 Å². The van der Waals surface area contributed by atoms with Crippen molar-refractivity contribution in [2.75, 3.05) is 22.6 Å². The van der Waals surface area contributed by atoms with E-state index in [1.165, 1.54) is 31.3 Å². The first kappa shape index (κ1) is 25.1. The second-order valence-electron chi connectivity index (χ2n) is 8.52. The van der Waals surface area contributed by atoms with Crippen LogP contribution >= 0.6 is 0 Å². The number of nitrogens with one attached hydrogen (secondary N) is 1. The number of cyclic esters (lactones) is 1. The van der Waals surface area contributed by atoms with Gasteiger partial charge >= 0.3 is 12.3 Å². The molecular weight excluding hydrogens is 480 g/mol. The van der Waals surface area contributed by atoms with E-state index in [4.69, 9.17) is 10.5 Å². The molecule has 36 heavy (non-hydrogen) atoms. The first-order chi connectivity index (χ1) is 17.0. The van der Waals surface area contributed by atoms with Crippen LogP contribution in [-0.2, 0) is 10.9 Å². The van der Waals surface area contributed by atoms with Gasteiger partial charge in [0.15, 0.2) is 0 Å². The number of carbonyl (C=O) groups is 1. The van der Waals surface area contributed by atoms with E-state index in [1.807, 2.05) is 13.8 Å². The molecule has 1 fully saturated rings. The van der Waals surface area contributed by atoms with Crippen LogP contribution in [0.15, 0.2) is 42.7 Å². The Balaban J connectivity index is 1.53. The number of nitrogens with zero attached hydrogens (tertiary/aromatic N) is 4. The van der Waals surface area contributed by atoms with E-state index in [0.717, 1.165) is 16.5 Å². The Morgan fingerprint density at radius 1 is 1.19 bits per heavy atom. The summed E-state index contributed by atoms with van der Waals surface area (Å²) in [6.45, 7) is 4.91. The Hall–Kier alpha value is -3.96. The first-order valence-corrected chi connectivity index (χ1v) is 11.1. The SMILES string of the molecule is Cc1cc([C@H](C)Nc2nccc(N3C(=O)OC[C@@H]3[C@H](C)F)n2)ncc1-c1ccc(C(F)(F)F)c(N)c1. The molecule has 0 aliphatic carbocycles. The quantitative estimate of drug-likeness (QED) is 0.346. The monoisotopic (exact) mass is 504 g/mol. The topological polar surface area (TPSA) is 106 Å². The van der Waals surface area contributed by atoms with E-state index in [-0.39, 0.29) is 30.1 Å². The largest absolute Gasteiger partial charge is 0.447 e. The molecule has 190 valence electrons. The van der Waals surface area contributed by atoms with E-state index < -0.39 is 30.0 Å². The number of aryl methyl sites for hydroxylation is 1. The number of rotatable bonds is 6. The number of hydrogen-bond donors (Lipinski definition) is 2.